The Kier molecular flexibility index (Phi) is 6.18. The molecule has 10 heteroatoms. The largest absolute Gasteiger partial charge is 0.497 e. The first-order chi connectivity index (χ1) is 16.9. The smallest absolute Gasteiger partial charge is 0.265 e. The van der Waals surface area contributed by atoms with Crippen LogP contribution in [0, 0.1) is 0 Å². The number of benzene rings is 3. The molecule has 2 aromatic heterocycles. The van der Waals surface area contributed by atoms with Crippen molar-refractivity contribution in [1.29, 1.82) is 0 Å². The Hall–Kier alpha value is -3.47. The van der Waals surface area contributed by atoms with Crippen molar-refractivity contribution in [2.24, 2.45) is 0 Å². The van der Waals surface area contributed by atoms with Crippen LogP contribution in [-0.4, -0.2) is 32.4 Å². The van der Waals surface area contributed by atoms with Gasteiger partial charge in [-0.05, 0) is 90.6 Å². The number of amides is 1. The van der Waals surface area contributed by atoms with E-state index in [1.807, 2.05) is 24.3 Å². The zero-order chi connectivity index (χ0) is 24.6. The number of fused-ring (bicyclic) bond motifs is 2. The highest BCUT2D eigenvalue weighted by Gasteiger charge is 2.24. The van der Waals surface area contributed by atoms with Gasteiger partial charge in [-0.25, -0.2) is 8.42 Å². The molecule has 0 fully saturated rings. The van der Waals surface area contributed by atoms with Crippen molar-refractivity contribution in [3.63, 3.8) is 0 Å². The summed E-state index contributed by atoms with van der Waals surface area (Å²) in [5, 5.41) is 4.72. The minimum atomic E-state index is -3.76. The summed E-state index contributed by atoms with van der Waals surface area (Å²) in [7, 11) is -2.23. The van der Waals surface area contributed by atoms with Crippen molar-refractivity contribution < 1.29 is 17.9 Å². The maximum atomic E-state index is 13.3. The highest BCUT2D eigenvalue weighted by Crippen LogP contribution is 2.33. The molecule has 0 radical (unpaired) electrons. The van der Waals surface area contributed by atoms with Crippen molar-refractivity contribution in [3.8, 4) is 5.75 Å². The first-order valence-corrected chi connectivity index (χ1v) is 13.8. The first-order valence-electron chi connectivity index (χ1n) is 10.8. The number of anilines is 2. The third kappa shape index (κ3) is 4.47. The highest BCUT2D eigenvalue weighted by atomic mass is 32.2. The fraction of sp³-hybridized carbons (Fsp3) is 0.120. The second kappa shape index (κ2) is 9.29. The van der Waals surface area contributed by atoms with Gasteiger partial charge >= 0.3 is 0 Å². The van der Waals surface area contributed by atoms with Crippen LogP contribution in [0.3, 0.4) is 0 Å². The predicted molar refractivity (Wildman–Crippen MR) is 143 cm³/mol. The van der Waals surface area contributed by atoms with Gasteiger partial charge in [-0.2, -0.15) is 4.37 Å². The van der Waals surface area contributed by atoms with Gasteiger partial charge in [0.1, 0.15) is 5.75 Å². The van der Waals surface area contributed by atoms with Crippen LogP contribution in [0.5, 0.6) is 5.75 Å². The fourth-order valence-corrected chi connectivity index (χ4v) is 6.84. The molecule has 0 saturated heterocycles. The molecule has 0 saturated carbocycles. The number of nitrogens with one attached hydrogen (secondary N) is 1. The van der Waals surface area contributed by atoms with E-state index in [0.717, 1.165) is 20.2 Å². The summed E-state index contributed by atoms with van der Waals surface area (Å²) in [6.45, 7) is 2.05. The zero-order valence-electron chi connectivity index (χ0n) is 18.9. The second-order valence-electron chi connectivity index (χ2n) is 7.71. The average molecular weight is 524 g/mol. The molecule has 2 heterocycles. The van der Waals surface area contributed by atoms with Crippen LogP contribution in [0.15, 0.2) is 77.8 Å². The van der Waals surface area contributed by atoms with Crippen LogP contribution in [0.4, 0.5) is 11.4 Å². The van der Waals surface area contributed by atoms with Crippen molar-refractivity contribution >= 4 is 70.3 Å². The normalized spacial score (nSPS) is 11.6. The first kappa shape index (κ1) is 23.3. The Labute approximate surface area is 210 Å². The summed E-state index contributed by atoms with van der Waals surface area (Å²) in [5.74, 6) is 0.373. The summed E-state index contributed by atoms with van der Waals surface area (Å²) >= 11 is 2.77. The Morgan fingerprint density at radius 3 is 2.51 bits per heavy atom. The molecule has 1 amide bonds. The number of thiophene rings is 1. The van der Waals surface area contributed by atoms with Crippen LogP contribution >= 0.6 is 22.9 Å². The molecule has 0 aliphatic rings. The van der Waals surface area contributed by atoms with Crippen molar-refractivity contribution in [2.75, 3.05) is 23.3 Å². The van der Waals surface area contributed by atoms with Crippen molar-refractivity contribution in [2.45, 2.75) is 11.8 Å². The van der Waals surface area contributed by atoms with E-state index in [1.54, 1.807) is 43.5 Å². The average Bonchev–Trinajstić information content (AvgIpc) is 3.51. The molecular weight excluding hydrogens is 502 g/mol. The number of sulfonamides is 1. The monoisotopic (exact) mass is 523 g/mol. The van der Waals surface area contributed by atoms with Gasteiger partial charge in [0.2, 0.25) is 0 Å². The molecule has 3 aromatic carbocycles. The Bertz CT molecular complexity index is 1640. The standard InChI is InChI=1S/C25H21N3O4S3/c1-3-28(35(30,31)21-8-6-20(32-2)7-9-21)19-5-11-22-16(13-19)14-24(33-22)25(29)27-18-4-10-23-17(12-18)15-26-34-23/h4-15H,3H2,1-2H3,(H,27,29). The molecule has 5 rings (SSSR count). The third-order valence-electron chi connectivity index (χ3n) is 5.56. The van der Waals surface area contributed by atoms with E-state index in [-0.39, 0.29) is 17.3 Å². The molecule has 7 nitrogen and oxygen atoms in total. The number of nitrogens with zero attached hydrogens (tertiary/aromatic N) is 2. The van der Waals surface area contributed by atoms with E-state index in [9.17, 15) is 13.2 Å². The van der Waals surface area contributed by atoms with E-state index in [1.165, 1.54) is 46.4 Å². The number of ether oxygens (including phenoxy) is 1. The molecular formula is C25H21N3O4S3. The van der Waals surface area contributed by atoms with Crippen LogP contribution in [0.2, 0.25) is 0 Å². The highest BCUT2D eigenvalue weighted by molar-refractivity contribution is 7.92. The van der Waals surface area contributed by atoms with E-state index < -0.39 is 10.0 Å². The molecule has 35 heavy (non-hydrogen) atoms. The van der Waals surface area contributed by atoms with Crippen molar-refractivity contribution in [1.82, 2.24) is 4.37 Å². The number of rotatable bonds is 7. The Balaban J connectivity index is 1.42. The van der Waals surface area contributed by atoms with Gasteiger partial charge in [0, 0.05) is 28.5 Å². The number of carbonyl (C=O) groups excluding carboxylic acids is 1. The summed E-state index contributed by atoms with van der Waals surface area (Å²) in [6, 6.07) is 19.2. The molecule has 0 atom stereocenters. The van der Waals surface area contributed by atoms with Gasteiger partial charge in [0.15, 0.2) is 0 Å². The Morgan fingerprint density at radius 1 is 1.00 bits per heavy atom. The topological polar surface area (TPSA) is 88.6 Å². The maximum Gasteiger partial charge on any atom is 0.265 e. The van der Waals surface area contributed by atoms with Crippen LogP contribution in [0.1, 0.15) is 16.6 Å². The van der Waals surface area contributed by atoms with Crippen LogP contribution in [0.25, 0.3) is 20.2 Å². The van der Waals surface area contributed by atoms with Gasteiger partial charge in [0.05, 0.1) is 27.3 Å². The van der Waals surface area contributed by atoms with Gasteiger partial charge in [-0.15, -0.1) is 11.3 Å². The number of hydrogen-bond acceptors (Lipinski definition) is 7. The minimum absolute atomic E-state index is 0.184. The summed E-state index contributed by atoms with van der Waals surface area (Å²) in [4.78, 5) is 13.6. The number of carbonyl (C=O) groups is 1. The van der Waals surface area contributed by atoms with E-state index in [4.69, 9.17) is 4.74 Å². The van der Waals surface area contributed by atoms with E-state index in [2.05, 4.69) is 9.69 Å². The SMILES string of the molecule is CCN(c1ccc2sc(C(=O)Nc3ccc4sncc4c3)cc2c1)S(=O)(=O)c1ccc(OC)cc1. The number of hydrogen-bond donors (Lipinski definition) is 1. The van der Waals surface area contributed by atoms with E-state index >= 15 is 0 Å². The minimum Gasteiger partial charge on any atom is -0.497 e. The summed E-state index contributed by atoms with van der Waals surface area (Å²) in [6.07, 6.45) is 1.77. The predicted octanol–water partition coefficient (Wildman–Crippen LogP) is 5.99. The summed E-state index contributed by atoms with van der Waals surface area (Å²) < 4.78 is 39.2. The molecule has 0 aliphatic carbocycles. The number of methoxy groups -OCH3 is 1. The molecule has 0 bridgehead atoms. The summed E-state index contributed by atoms with van der Waals surface area (Å²) in [5.41, 5.74) is 1.24. The van der Waals surface area contributed by atoms with Gasteiger partial charge in [-0.1, -0.05) is 0 Å². The second-order valence-corrected chi connectivity index (χ2v) is 11.5. The zero-order valence-corrected chi connectivity index (χ0v) is 21.3. The van der Waals surface area contributed by atoms with Gasteiger partial charge in [0.25, 0.3) is 15.9 Å². The molecule has 0 unspecified atom stereocenters. The lowest BCUT2D eigenvalue weighted by atomic mass is 10.2. The number of aromatic nitrogens is 1. The lowest BCUT2D eigenvalue weighted by Crippen LogP contribution is -2.30. The lowest BCUT2D eigenvalue weighted by molar-refractivity contribution is 0.103. The van der Waals surface area contributed by atoms with Crippen LogP contribution in [-0.2, 0) is 10.0 Å². The van der Waals surface area contributed by atoms with Crippen molar-refractivity contribution in [3.05, 3.63) is 77.8 Å². The molecule has 178 valence electrons. The lowest BCUT2D eigenvalue weighted by Gasteiger charge is -2.23. The maximum absolute atomic E-state index is 13.3. The molecule has 5 aromatic rings. The van der Waals surface area contributed by atoms with Crippen LogP contribution < -0.4 is 14.4 Å². The third-order valence-corrected chi connectivity index (χ3v) is 9.37. The molecule has 0 spiro atoms. The molecule has 0 aliphatic heterocycles. The van der Waals surface area contributed by atoms with Gasteiger partial charge < -0.3 is 10.1 Å². The Morgan fingerprint density at radius 2 is 1.77 bits per heavy atom. The van der Waals surface area contributed by atoms with E-state index in [0.29, 0.717) is 22.0 Å². The molecule has 1 N–H and O–H groups in total. The van der Waals surface area contributed by atoms with Gasteiger partial charge in [-0.3, -0.25) is 9.10 Å². The quantitative estimate of drug-likeness (QED) is 0.283. The fourth-order valence-electron chi connectivity index (χ4n) is 3.81.